The maximum Gasteiger partial charge on any atom is 0.248 e. The van der Waals surface area contributed by atoms with Gasteiger partial charge in [0.25, 0.3) is 0 Å². The van der Waals surface area contributed by atoms with Gasteiger partial charge in [0, 0.05) is 45.3 Å². The number of aliphatic imine (C=N–C) groups is 1. The van der Waals surface area contributed by atoms with Crippen LogP contribution in [-0.2, 0) is 6.54 Å². The minimum absolute atomic E-state index is 0. The fraction of sp³-hybridized carbons (Fsp3) is 0.333. The molecule has 2 aromatic rings. The van der Waals surface area contributed by atoms with Gasteiger partial charge >= 0.3 is 0 Å². The van der Waals surface area contributed by atoms with Crippen molar-refractivity contribution in [2.45, 2.75) is 6.54 Å². The van der Waals surface area contributed by atoms with Gasteiger partial charge in [-0.2, -0.15) is 0 Å². The average molecular weight is 509 g/mol. The monoisotopic (exact) mass is 509 g/mol. The zero-order valence-corrected chi connectivity index (χ0v) is 19.1. The van der Waals surface area contributed by atoms with Crippen LogP contribution in [0.1, 0.15) is 15.9 Å². The van der Waals surface area contributed by atoms with Crippen LogP contribution >= 0.6 is 24.0 Å². The van der Waals surface area contributed by atoms with Crippen LogP contribution in [0.2, 0.25) is 0 Å². The summed E-state index contributed by atoms with van der Waals surface area (Å²) in [6.07, 6.45) is 0. The van der Waals surface area contributed by atoms with Crippen LogP contribution in [0.5, 0.6) is 5.75 Å². The third-order valence-corrected chi connectivity index (χ3v) is 4.88. The van der Waals surface area contributed by atoms with E-state index in [-0.39, 0.29) is 24.0 Å². The molecule has 0 unspecified atom stereocenters. The summed E-state index contributed by atoms with van der Waals surface area (Å²) in [6.45, 7) is 4.08. The van der Waals surface area contributed by atoms with E-state index in [2.05, 4.69) is 26.2 Å². The van der Waals surface area contributed by atoms with Crippen LogP contribution in [0.4, 0.5) is 5.69 Å². The Bertz CT molecular complexity index is 850. The Morgan fingerprint density at radius 3 is 2.52 bits per heavy atom. The van der Waals surface area contributed by atoms with Gasteiger partial charge in [0.05, 0.1) is 12.8 Å². The van der Waals surface area contributed by atoms with Gasteiger partial charge in [-0.15, -0.1) is 24.0 Å². The van der Waals surface area contributed by atoms with Gasteiger partial charge in [-0.1, -0.05) is 24.3 Å². The molecule has 0 bridgehead atoms. The van der Waals surface area contributed by atoms with E-state index in [0.29, 0.717) is 12.1 Å². The summed E-state index contributed by atoms with van der Waals surface area (Å²) >= 11 is 0. The summed E-state index contributed by atoms with van der Waals surface area (Å²) in [5, 5.41) is 3.38. The maximum atomic E-state index is 11.3. The second-order valence-corrected chi connectivity index (χ2v) is 6.61. The van der Waals surface area contributed by atoms with Crippen molar-refractivity contribution in [3.05, 3.63) is 59.7 Å². The van der Waals surface area contributed by atoms with Gasteiger partial charge < -0.3 is 25.6 Å². The van der Waals surface area contributed by atoms with Crippen molar-refractivity contribution in [1.29, 1.82) is 0 Å². The molecular weight excluding hydrogens is 481 g/mol. The molecule has 1 saturated heterocycles. The van der Waals surface area contributed by atoms with Crippen molar-refractivity contribution in [3.8, 4) is 5.75 Å². The molecule has 1 amide bonds. The van der Waals surface area contributed by atoms with Crippen molar-refractivity contribution in [2.24, 2.45) is 10.7 Å². The van der Waals surface area contributed by atoms with E-state index in [4.69, 9.17) is 10.5 Å². The molecule has 3 N–H and O–H groups in total. The Morgan fingerprint density at radius 1 is 1.14 bits per heavy atom. The Kier molecular flexibility index (Phi) is 8.56. The summed E-state index contributed by atoms with van der Waals surface area (Å²) in [6, 6.07) is 15.4. The number of nitrogens with one attached hydrogen (secondary N) is 1. The average Bonchev–Trinajstić information content (AvgIpc) is 2.75. The van der Waals surface area contributed by atoms with Gasteiger partial charge in [-0.25, -0.2) is 0 Å². The number of para-hydroxylation sites is 2. The molecule has 156 valence electrons. The summed E-state index contributed by atoms with van der Waals surface area (Å²) in [5.41, 5.74) is 7.98. The quantitative estimate of drug-likeness (QED) is 0.368. The topological polar surface area (TPSA) is 83.2 Å². The zero-order valence-electron chi connectivity index (χ0n) is 16.8. The van der Waals surface area contributed by atoms with Crippen molar-refractivity contribution in [2.75, 3.05) is 45.2 Å². The third-order valence-electron chi connectivity index (χ3n) is 4.88. The SMILES string of the molecule is CN=C(NCc1cccc(C(N)=O)c1)N1CCN(c2ccccc2OC)CC1.I. The van der Waals surface area contributed by atoms with E-state index in [1.807, 2.05) is 36.4 Å². The lowest BCUT2D eigenvalue weighted by Crippen LogP contribution is -2.52. The Hall–Kier alpha value is -2.49. The first-order valence-corrected chi connectivity index (χ1v) is 9.34. The minimum atomic E-state index is -0.418. The van der Waals surface area contributed by atoms with Crippen molar-refractivity contribution >= 4 is 41.5 Å². The van der Waals surface area contributed by atoms with Crippen LogP contribution in [-0.4, -0.2) is 57.1 Å². The normalized spacial score (nSPS) is 14.2. The molecule has 1 aliphatic rings. The predicted octanol–water partition coefficient (Wildman–Crippen LogP) is 2.31. The molecule has 8 heteroatoms. The highest BCUT2D eigenvalue weighted by Gasteiger charge is 2.21. The molecular formula is C21H28IN5O2. The van der Waals surface area contributed by atoms with Crippen molar-refractivity contribution < 1.29 is 9.53 Å². The number of guanidine groups is 1. The summed E-state index contributed by atoms with van der Waals surface area (Å²) in [4.78, 5) is 20.3. The van der Waals surface area contributed by atoms with Crippen molar-refractivity contribution in [1.82, 2.24) is 10.2 Å². The molecule has 0 aromatic heterocycles. The number of nitrogens with zero attached hydrogens (tertiary/aromatic N) is 3. The molecule has 1 aliphatic heterocycles. The number of carbonyl (C=O) groups is 1. The van der Waals surface area contributed by atoms with Crippen LogP contribution in [0.25, 0.3) is 0 Å². The first kappa shape index (κ1) is 22.8. The van der Waals surface area contributed by atoms with Crippen molar-refractivity contribution in [3.63, 3.8) is 0 Å². The molecule has 1 heterocycles. The zero-order chi connectivity index (χ0) is 19.9. The number of piperazine rings is 1. The van der Waals surface area contributed by atoms with Crippen LogP contribution in [0, 0.1) is 0 Å². The third kappa shape index (κ3) is 5.75. The smallest absolute Gasteiger partial charge is 0.248 e. The van der Waals surface area contributed by atoms with E-state index < -0.39 is 5.91 Å². The number of nitrogens with two attached hydrogens (primary N) is 1. The van der Waals surface area contributed by atoms with Crippen LogP contribution < -0.4 is 20.7 Å². The Balaban J connectivity index is 0.00000300. The molecule has 0 radical (unpaired) electrons. The second-order valence-electron chi connectivity index (χ2n) is 6.61. The van der Waals surface area contributed by atoms with E-state index >= 15 is 0 Å². The predicted molar refractivity (Wildman–Crippen MR) is 127 cm³/mol. The lowest BCUT2D eigenvalue weighted by Gasteiger charge is -2.38. The highest BCUT2D eigenvalue weighted by Crippen LogP contribution is 2.28. The molecule has 0 aliphatic carbocycles. The Morgan fingerprint density at radius 2 is 1.86 bits per heavy atom. The molecule has 29 heavy (non-hydrogen) atoms. The molecule has 0 saturated carbocycles. The number of ether oxygens (including phenoxy) is 1. The summed E-state index contributed by atoms with van der Waals surface area (Å²) in [5.74, 6) is 1.33. The summed E-state index contributed by atoms with van der Waals surface area (Å²) < 4.78 is 5.48. The number of carbonyl (C=O) groups excluding carboxylic acids is 1. The second kappa shape index (κ2) is 10.9. The number of hydrogen-bond donors (Lipinski definition) is 2. The number of methoxy groups -OCH3 is 1. The van der Waals surface area contributed by atoms with Gasteiger partial charge in [0.15, 0.2) is 5.96 Å². The number of hydrogen-bond acceptors (Lipinski definition) is 4. The maximum absolute atomic E-state index is 11.3. The summed E-state index contributed by atoms with van der Waals surface area (Å²) in [7, 11) is 3.49. The number of halogens is 1. The van der Waals surface area contributed by atoms with E-state index in [9.17, 15) is 4.79 Å². The molecule has 2 aromatic carbocycles. The van der Waals surface area contributed by atoms with Gasteiger partial charge in [0.2, 0.25) is 5.91 Å². The molecule has 3 rings (SSSR count). The minimum Gasteiger partial charge on any atom is -0.495 e. The Labute approximate surface area is 188 Å². The fourth-order valence-corrected chi connectivity index (χ4v) is 3.40. The lowest BCUT2D eigenvalue weighted by molar-refractivity contribution is 0.1000. The van der Waals surface area contributed by atoms with Gasteiger partial charge in [-0.05, 0) is 29.8 Å². The number of amides is 1. The largest absolute Gasteiger partial charge is 0.495 e. The fourth-order valence-electron chi connectivity index (χ4n) is 3.40. The first-order chi connectivity index (χ1) is 13.6. The highest BCUT2D eigenvalue weighted by atomic mass is 127. The molecule has 7 nitrogen and oxygen atoms in total. The highest BCUT2D eigenvalue weighted by molar-refractivity contribution is 14.0. The first-order valence-electron chi connectivity index (χ1n) is 9.34. The van der Waals surface area contributed by atoms with Crippen LogP contribution in [0.15, 0.2) is 53.5 Å². The molecule has 0 spiro atoms. The lowest BCUT2D eigenvalue weighted by atomic mass is 10.1. The number of rotatable bonds is 5. The number of anilines is 1. The van der Waals surface area contributed by atoms with E-state index in [1.54, 1.807) is 20.2 Å². The van der Waals surface area contributed by atoms with Gasteiger partial charge in [-0.3, -0.25) is 9.79 Å². The number of primary amides is 1. The van der Waals surface area contributed by atoms with E-state index in [1.165, 1.54) is 0 Å². The molecule has 1 fully saturated rings. The standard InChI is InChI=1S/C21H27N5O2.HI/c1-23-21(24-15-16-6-5-7-17(14-16)20(22)27)26-12-10-25(11-13-26)18-8-3-4-9-19(18)28-2;/h3-9,14H,10-13,15H2,1-2H3,(H2,22,27)(H,23,24);1H. The van der Waals surface area contributed by atoms with Gasteiger partial charge in [0.1, 0.15) is 5.75 Å². The van der Waals surface area contributed by atoms with E-state index in [0.717, 1.165) is 49.1 Å². The number of benzene rings is 2. The van der Waals surface area contributed by atoms with Crippen LogP contribution in [0.3, 0.4) is 0 Å². The molecule has 0 atom stereocenters.